The van der Waals surface area contributed by atoms with E-state index in [9.17, 15) is 9.18 Å². The Labute approximate surface area is 169 Å². The molecule has 29 heavy (non-hydrogen) atoms. The predicted octanol–water partition coefficient (Wildman–Crippen LogP) is 1.23. The number of halogens is 1. The van der Waals surface area contributed by atoms with Gasteiger partial charge in [-0.3, -0.25) is 4.79 Å². The van der Waals surface area contributed by atoms with E-state index in [2.05, 4.69) is 20.3 Å². The molecule has 0 aliphatic carbocycles. The maximum Gasteiger partial charge on any atom is 0.220 e. The van der Waals surface area contributed by atoms with Gasteiger partial charge in [-0.05, 0) is 29.8 Å². The first-order chi connectivity index (χ1) is 13.8. The highest BCUT2D eigenvalue weighted by atomic mass is 19.1. The quantitative estimate of drug-likeness (QED) is 0.537. The third-order valence-electron chi connectivity index (χ3n) is 5.03. The molecule has 0 atom stereocenters. The van der Waals surface area contributed by atoms with Gasteiger partial charge in [0.05, 0.1) is 29.4 Å². The van der Waals surface area contributed by atoms with Gasteiger partial charge in [0, 0.05) is 29.9 Å². The summed E-state index contributed by atoms with van der Waals surface area (Å²) in [5.41, 5.74) is 3.11. The molecule has 0 saturated carbocycles. The SMILES string of the molecule is BC(B)(C(=O)Nc1cc2nc(-c3cncn3C)ccc2cn1)c1ccc(F)cc1. The summed E-state index contributed by atoms with van der Waals surface area (Å²) in [6.45, 7) is 0. The fourth-order valence-corrected chi connectivity index (χ4v) is 3.10. The Morgan fingerprint density at radius 1 is 1.14 bits per heavy atom. The van der Waals surface area contributed by atoms with Gasteiger partial charge >= 0.3 is 0 Å². The van der Waals surface area contributed by atoms with Crippen molar-refractivity contribution in [1.82, 2.24) is 19.5 Å². The molecule has 1 amide bonds. The van der Waals surface area contributed by atoms with Crippen molar-refractivity contribution in [3.05, 3.63) is 72.6 Å². The van der Waals surface area contributed by atoms with Crippen LogP contribution in [-0.4, -0.2) is 41.1 Å². The van der Waals surface area contributed by atoms with Gasteiger partial charge in [-0.15, -0.1) is 0 Å². The van der Waals surface area contributed by atoms with Crippen LogP contribution in [0.5, 0.6) is 0 Å². The number of aromatic nitrogens is 4. The fraction of sp³-hybridized carbons (Fsp3) is 0.100. The molecule has 0 radical (unpaired) electrons. The van der Waals surface area contributed by atoms with Crippen LogP contribution in [0.4, 0.5) is 10.2 Å². The van der Waals surface area contributed by atoms with Crippen LogP contribution in [0.1, 0.15) is 5.56 Å². The third-order valence-corrected chi connectivity index (χ3v) is 5.03. The van der Waals surface area contributed by atoms with Crippen molar-refractivity contribution >= 4 is 38.3 Å². The van der Waals surface area contributed by atoms with Crippen LogP contribution in [0.2, 0.25) is 0 Å². The Kier molecular flexibility index (Phi) is 4.66. The molecule has 0 unspecified atom stereocenters. The summed E-state index contributed by atoms with van der Waals surface area (Å²) in [6.07, 6.45) is 5.15. The minimum absolute atomic E-state index is 0.237. The number of nitrogens with one attached hydrogen (secondary N) is 1. The van der Waals surface area contributed by atoms with E-state index in [1.54, 1.807) is 52.6 Å². The number of fused-ring (bicyclic) bond motifs is 1. The highest BCUT2D eigenvalue weighted by Gasteiger charge is 2.30. The van der Waals surface area contributed by atoms with Crippen molar-refractivity contribution in [2.24, 2.45) is 7.05 Å². The molecule has 4 rings (SSSR count). The van der Waals surface area contributed by atoms with Crippen LogP contribution in [0.25, 0.3) is 22.3 Å². The van der Waals surface area contributed by atoms with E-state index in [1.807, 2.05) is 23.7 Å². The molecular formula is C20H18B2FN5O. The van der Waals surface area contributed by atoms with Crippen LogP contribution < -0.4 is 5.32 Å². The lowest BCUT2D eigenvalue weighted by atomic mass is 9.50. The molecule has 142 valence electrons. The number of nitrogens with zero attached hydrogens (tertiary/aromatic N) is 4. The molecule has 0 fully saturated rings. The first-order valence-corrected chi connectivity index (χ1v) is 9.15. The normalized spacial score (nSPS) is 11.5. The average Bonchev–Trinajstić information content (AvgIpc) is 3.13. The molecule has 1 aromatic carbocycles. The van der Waals surface area contributed by atoms with Crippen LogP contribution in [0, 0.1) is 5.82 Å². The Balaban J connectivity index is 1.63. The van der Waals surface area contributed by atoms with Crippen LogP contribution in [-0.2, 0) is 17.1 Å². The number of anilines is 1. The topological polar surface area (TPSA) is 72.7 Å². The van der Waals surface area contributed by atoms with Crippen LogP contribution in [0.15, 0.2) is 61.2 Å². The largest absolute Gasteiger partial charge is 0.332 e. The maximum absolute atomic E-state index is 13.2. The number of amides is 1. The van der Waals surface area contributed by atoms with E-state index in [1.165, 1.54) is 12.1 Å². The fourth-order valence-electron chi connectivity index (χ4n) is 3.10. The molecule has 3 aromatic heterocycles. The number of hydrogen-bond donors (Lipinski definition) is 1. The van der Waals surface area contributed by atoms with Gasteiger partial charge in [-0.1, -0.05) is 12.1 Å². The monoisotopic (exact) mass is 385 g/mol. The maximum atomic E-state index is 13.2. The van der Waals surface area contributed by atoms with Crippen molar-refractivity contribution in [2.75, 3.05) is 5.32 Å². The summed E-state index contributed by atoms with van der Waals surface area (Å²) in [5.74, 6) is -0.164. The Morgan fingerprint density at radius 3 is 2.59 bits per heavy atom. The van der Waals surface area contributed by atoms with E-state index in [4.69, 9.17) is 0 Å². The average molecular weight is 385 g/mol. The van der Waals surface area contributed by atoms with Crippen molar-refractivity contribution in [1.29, 1.82) is 0 Å². The molecule has 1 N–H and O–H groups in total. The van der Waals surface area contributed by atoms with Crippen LogP contribution in [0.3, 0.4) is 0 Å². The zero-order valence-electron chi connectivity index (χ0n) is 16.3. The molecule has 0 spiro atoms. The summed E-state index contributed by atoms with van der Waals surface area (Å²) in [6, 6.07) is 11.5. The van der Waals surface area contributed by atoms with Gasteiger partial charge in [-0.25, -0.2) is 19.3 Å². The van der Waals surface area contributed by atoms with Gasteiger partial charge in [-0.2, -0.15) is 0 Å². The Hall–Kier alpha value is -3.48. The van der Waals surface area contributed by atoms with Gasteiger partial charge in [0.2, 0.25) is 5.91 Å². The molecule has 0 bridgehead atoms. The molecule has 0 aliphatic rings. The Bertz CT molecular complexity index is 1210. The molecule has 0 saturated heterocycles. The van der Waals surface area contributed by atoms with E-state index in [0.29, 0.717) is 16.9 Å². The summed E-state index contributed by atoms with van der Waals surface area (Å²) in [5, 5.41) is 2.87. The van der Waals surface area contributed by atoms with E-state index < -0.39 is 5.21 Å². The van der Waals surface area contributed by atoms with Gasteiger partial charge < -0.3 is 9.88 Å². The summed E-state index contributed by atoms with van der Waals surface area (Å²) >= 11 is 0. The zero-order chi connectivity index (χ0) is 20.6. The minimum atomic E-state index is -0.853. The molecule has 4 aromatic rings. The Morgan fingerprint density at radius 2 is 1.90 bits per heavy atom. The van der Waals surface area contributed by atoms with Crippen molar-refractivity contribution in [3.8, 4) is 11.4 Å². The van der Waals surface area contributed by atoms with Crippen LogP contribution >= 0.6 is 0 Å². The zero-order valence-corrected chi connectivity index (χ0v) is 16.3. The van der Waals surface area contributed by atoms with Crippen molar-refractivity contribution in [3.63, 3.8) is 0 Å². The number of benzene rings is 1. The first kappa shape index (κ1) is 18.9. The highest BCUT2D eigenvalue weighted by Crippen LogP contribution is 2.23. The van der Waals surface area contributed by atoms with Crippen molar-refractivity contribution < 1.29 is 9.18 Å². The number of imidazole rings is 1. The number of aryl methyl sites for hydroxylation is 1. The van der Waals surface area contributed by atoms with E-state index in [0.717, 1.165) is 16.8 Å². The van der Waals surface area contributed by atoms with Crippen molar-refractivity contribution in [2.45, 2.75) is 5.21 Å². The standard InChI is InChI=1S/C20H18B2FN5O/c1-28-11-24-10-17(28)15-7-2-12-9-25-18(8-16(12)26-15)27-19(29)20(21,22)13-3-5-14(23)6-4-13/h2-11H,21-22H2,1H3,(H,25,27,29). The second-order valence-corrected chi connectivity index (χ2v) is 7.43. The number of carbonyl (C=O) groups excluding carboxylic acids is 1. The molecular weight excluding hydrogens is 367 g/mol. The second-order valence-electron chi connectivity index (χ2n) is 7.43. The smallest absolute Gasteiger partial charge is 0.220 e. The summed E-state index contributed by atoms with van der Waals surface area (Å²) in [4.78, 5) is 26.0. The highest BCUT2D eigenvalue weighted by molar-refractivity contribution is 6.52. The lowest BCUT2D eigenvalue weighted by Crippen LogP contribution is -2.41. The van der Waals surface area contributed by atoms with Gasteiger partial charge in [0.15, 0.2) is 0 Å². The third kappa shape index (κ3) is 3.63. The van der Waals surface area contributed by atoms with E-state index in [-0.39, 0.29) is 11.7 Å². The number of rotatable bonds is 4. The molecule has 9 heteroatoms. The molecule has 6 nitrogen and oxygen atoms in total. The minimum Gasteiger partial charge on any atom is -0.332 e. The number of pyridine rings is 2. The number of hydrogen-bond acceptors (Lipinski definition) is 4. The van der Waals surface area contributed by atoms with Gasteiger partial charge in [0.1, 0.15) is 27.3 Å². The first-order valence-electron chi connectivity index (χ1n) is 9.15. The lowest BCUT2D eigenvalue weighted by molar-refractivity contribution is -0.117. The summed E-state index contributed by atoms with van der Waals surface area (Å²) in [7, 11) is 5.48. The predicted molar refractivity (Wildman–Crippen MR) is 116 cm³/mol. The molecule has 0 aliphatic heterocycles. The molecule has 3 heterocycles. The second kappa shape index (κ2) is 7.16. The number of carbonyl (C=O) groups is 1. The summed E-state index contributed by atoms with van der Waals surface area (Å²) < 4.78 is 15.1. The van der Waals surface area contributed by atoms with Gasteiger partial charge in [0.25, 0.3) is 0 Å². The van der Waals surface area contributed by atoms with E-state index >= 15 is 0 Å². The lowest BCUT2D eigenvalue weighted by Gasteiger charge is -2.24.